The van der Waals surface area contributed by atoms with Crippen LogP contribution in [0.3, 0.4) is 0 Å². The third-order valence-corrected chi connectivity index (χ3v) is 5.50. The number of piperidine rings is 1. The summed E-state index contributed by atoms with van der Waals surface area (Å²) in [5.74, 6) is 1.23. The van der Waals surface area contributed by atoms with Gasteiger partial charge in [0.25, 0.3) is 0 Å². The Balaban J connectivity index is 1.85. The van der Waals surface area contributed by atoms with Gasteiger partial charge in [-0.3, -0.25) is 0 Å². The summed E-state index contributed by atoms with van der Waals surface area (Å²) in [4.78, 5) is 2.59. The minimum absolute atomic E-state index is 0.611. The van der Waals surface area contributed by atoms with Gasteiger partial charge in [-0.2, -0.15) is 0 Å². The van der Waals surface area contributed by atoms with Gasteiger partial charge in [0.1, 0.15) is 0 Å². The van der Waals surface area contributed by atoms with Gasteiger partial charge in [-0.15, -0.1) is 0 Å². The number of benzene rings is 1. The van der Waals surface area contributed by atoms with E-state index in [0.29, 0.717) is 17.9 Å². The van der Waals surface area contributed by atoms with Crippen molar-refractivity contribution in [3.05, 3.63) is 34.9 Å². The highest BCUT2D eigenvalue weighted by molar-refractivity contribution is 6.30. The van der Waals surface area contributed by atoms with Crippen molar-refractivity contribution in [2.24, 2.45) is 5.92 Å². The van der Waals surface area contributed by atoms with E-state index in [1.807, 2.05) is 12.1 Å². The fraction of sp³-hybridized carbons (Fsp3) is 0.647. The third-order valence-electron chi connectivity index (χ3n) is 5.24. The van der Waals surface area contributed by atoms with E-state index in [2.05, 4.69) is 31.0 Å². The van der Waals surface area contributed by atoms with Crippen molar-refractivity contribution >= 4 is 11.6 Å². The Morgan fingerprint density at radius 3 is 2.70 bits per heavy atom. The first-order valence-electron chi connectivity index (χ1n) is 7.76. The van der Waals surface area contributed by atoms with Crippen LogP contribution in [0.1, 0.15) is 37.7 Å². The van der Waals surface area contributed by atoms with Gasteiger partial charge in [0, 0.05) is 29.6 Å². The van der Waals surface area contributed by atoms with Crippen LogP contribution < -0.4 is 0 Å². The van der Waals surface area contributed by atoms with E-state index < -0.39 is 0 Å². The largest absolute Gasteiger partial charge is 0.381 e. The molecule has 3 rings (SSSR count). The van der Waals surface area contributed by atoms with Gasteiger partial charge in [-0.1, -0.05) is 23.7 Å². The first-order valence-corrected chi connectivity index (χ1v) is 8.13. The van der Waals surface area contributed by atoms with E-state index in [-0.39, 0.29) is 0 Å². The SMILES string of the molecule is CCOC[C@@H]1[C@H](c2ccc(Cl)cc2)C[C@H]2CC[C@@H]1N2C. The van der Waals surface area contributed by atoms with Gasteiger partial charge in [0.2, 0.25) is 0 Å². The van der Waals surface area contributed by atoms with E-state index in [1.165, 1.54) is 24.8 Å². The Morgan fingerprint density at radius 2 is 2.00 bits per heavy atom. The predicted molar refractivity (Wildman–Crippen MR) is 83.4 cm³/mol. The summed E-state index contributed by atoms with van der Waals surface area (Å²) in [6.45, 7) is 3.77. The van der Waals surface area contributed by atoms with Crippen molar-refractivity contribution < 1.29 is 4.74 Å². The Bertz CT molecular complexity index is 447. The van der Waals surface area contributed by atoms with Crippen LogP contribution in [0, 0.1) is 5.92 Å². The maximum Gasteiger partial charge on any atom is 0.0514 e. The standard InChI is InChI=1S/C17H24ClNO/c1-3-20-11-16-15(12-4-6-13(18)7-5-12)10-14-8-9-17(16)19(14)2/h4-7,14-17H,3,8-11H2,1-2H3/t14-,15+,16-,17+/m1/s1. The lowest BCUT2D eigenvalue weighted by atomic mass is 9.76. The van der Waals surface area contributed by atoms with E-state index in [1.54, 1.807) is 0 Å². The highest BCUT2D eigenvalue weighted by Crippen LogP contribution is 2.46. The molecule has 110 valence electrons. The molecule has 2 nitrogen and oxygen atoms in total. The second kappa shape index (κ2) is 6.05. The summed E-state index contributed by atoms with van der Waals surface area (Å²) in [6, 6.07) is 9.89. The normalized spacial score (nSPS) is 33.5. The molecule has 0 unspecified atom stereocenters. The minimum Gasteiger partial charge on any atom is -0.381 e. The van der Waals surface area contributed by atoms with Crippen LogP contribution in [0.2, 0.25) is 5.02 Å². The number of hydrogen-bond donors (Lipinski definition) is 0. The highest BCUT2D eigenvalue weighted by atomic mass is 35.5. The molecule has 0 aromatic heterocycles. The topological polar surface area (TPSA) is 12.5 Å². The Morgan fingerprint density at radius 1 is 1.25 bits per heavy atom. The summed E-state index contributed by atoms with van der Waals surface area (Å²) in [5, 5.41) is 0.825. The molecule has 2 fully saturated rings. The molecule has 3 heteroatoms. The fourth-order valence-electron chi connectivity index (χ4n) is 4.15. The molecule has 1 aromatic carbocycles. The Labute approximate surface area is 127 Å². The molecular formula is C17H24ClNO. The molecule has 4 atom stereocenters. The summed E-state index contributed by atoms with van der Waals surface area (Å²) in [6.07, 6.45) is 3.92. The van der Waals surface area contributed by atoms with Gasteiger partial charge >= 0.3 is 0 Å². The number of rotatable bonds is 4. The average molecular weight is 294 g/mol. The molecular weight excluding hydrogens is 270 g/mol. The smallest absolute Gasteiger partial charge is 0.0514 e. The summed E-state index contributed by atoms with van der Waals surface area (Å²) >= 11 is 6.03. The molecule has 0 N–H and O–H groups in total. The highest BCUT2D eigenvalue weighted by Gasteiger charge is 2.45. The molecule has 2 aliphatic heterocycles. The van der Waals surface area contributed by atoms with Crippen LogP contribution in [-0.2, 0) is 4.74 Å². The zero-order valence-corrected chi connectivity index (χ0v) is 13.1. The molecule has 20 heavy (non-hydrogen) atoms. The van der Waals surface area contributed by atoms with Gasteiger partial charge in [0.05, 0.1) is 6.61 Å². The number of halogens is 1. The van der Waals surface area contributed by atoms with Gasteiger partial charge < -0.3 is 9.64 Å². The number of fused-ring (bicyclic) bond motifs is 2. The molecule has 0 saturated carbocycles. The van der Waals surface area contributed by atoms with Crippen molar-refractivity contribution in [1.82, 2.24) is 4.90 Å². The monoisotopic (exact) mass is 293 g/mol. The van der Waals surface area contributed by atoms with Gasteiger partial charge in [0.15, 0.2) is 0 Å². The van der Waals surface area contributed by atoms with Crippen LogP contribution in [-0.4, -0.2) is 37.2 Å². The van der Waals surface area contributed by atoms with E-state index in [4.69, 9.17) is 16.3 Å². The van der Waals surface area contributed by atoms with Crippen LogP contribution >= 0.6 is 11.6 Å². The summed E-state index contributed by atoms with van der Waals surface area (Å²) in [7, 11) is 2.29. The molecule has 0 radical (unpaired) electrons. The molecule has 0 spiro atoms. The van der Waals surface area contributed by atoms with E-state index in [9.17, 15) is 0 Å². The molecule has 0 amide bonds. The van der Waals surface area contributed by atoms with Gasteiger partial charge in [-0.25, -0.2) is 0 Å². The zero-order chi connectivity index (χ0) is 14.1. The number of nitrogens with zero attached hydrogens (tertiary/aromatic N) is 1. The van der Waals surface area contributed by atoms with E-state index >= 15 is 0 Å². The second-order valence-electron chi connectivity index (χ2n) is 6.18. The Kier molecular flexibility index (Phi) is 4.34. The van der Waals surface area contributed by atoms with Crippen molar-refractivity contribution in [3.63, 3.8) is 0 Å². The summed E-state index contributed by atoms with van der Waals surface area (Å²) in [5.41, 5.74) is 1.43. The lowest BCUT2D eigenvalue weighted by Crippen LogP contribution is -2.47. The van der Waals surface area contributed by atoms with Crippen LogP contribution in [0.25, 0.3) is 0 Å². The minimum atomic E-state index is 0.611. The van der Waals surface area contributed by atoms with Gasteiger partial charge in [-0.05, 0) is 56.8 Å². The number of ether oxygens (including phenoxy) is 1. The zero-order valence-electron chi connectivity index (χ0n) is 12.4. The number of hydrogen-bond acceptors (Lipinski definition) is 2. The molecule has 2 saturated heterocycles. The van der Waals surface area contributed by atoms with Crippen molar-refractivity contribution in [3.8, 4) is 0 Å². The quantitative estimate of drug-likeness (QED) is 0.834. The molecule has 2 aliphatic rings. The lowest BCUT2D eigenvalue weighted by molar-refractivity contribution is 0.0253. The fourth-order valence-corrected chi connectivity index (χ4v) is 4.28. The lowest BCUT2D eigenvalue weighted by Gasteiger charge is -2.43. The summed E-state index contributed by atoms with van der Waals surface area (Å²) < 4.78 is 5.79. The maximum atomic E-state index is 6.03. The second-order valence-corrected chi connectivity index (χ2v) is 6.62. The average Bonchev–Trinajstić information content (AvgIpc) is 2.71. The Hall–Kier alpha value is -0.570. The molecule has 2 heterocycles. The van der Waals surface area contributed by atoms with E-state index in [0.717, 1.165) is 24.3 Å². The van der Waals surface area contributed by atoms with Crippen molar-refractivity contribution in [2.45, 2.75) is 44.2 Å². The first kappa shape index (κ1) is 14.4. The molecule has 0 aliphatic carbocycles. The van der Waals surface area contributed by atoms with Crippen LogP contribution in [0.15, 0.2) is 24.3 Å². The van der Waals surface area contributed by atoms with Crippen LogP contribution in [0.4, 0.5) is 0 Å². The predicted octanol–water partition coefficient (Wildman–Crippen LogP) is 3.94. The maximum absolute atomic E-state index is 6.03. The van der Waals surface area contributed by atoms with Crippen LogP contribution in [0.5, 0.6) is 0 Å². The van der Waals surface area contributed by atoms with Crippen molar-refractivity contribution in [1.29, 1.82) is 0 Å². The molecule has 2 bridgehead atoms. The third kappa shape index (κ3) is 2.61. The first-order chi connectivity index (χ1) is 9.70. The van der Waals surface area contributed by atoms with Crippen molar-refractivity contribution in [2.75, 3.05) is 20.3 Å². The molecule has 1 aromatic rings.